The zero-order valence-electron chi connectivity index (χ0n) is 21.8. The molecule has 1 aromatic heterocycles. The molecule has 0 bridgehead atoms. The molecule has 0 unspecified atom stereocenters. The molecule has 0 saturated carbocycles. The maximum absolute atomic E-state index is 13.5. The summed E-state index contributed by atoms with van der Waals surface area (Å²) in [6.45, 7) is 14.3. The predicted octanol–water partition coefficient (Wildman–Crippen LogP) is 7.14. The van der Waals surface area contributed by atoms with Gasteiger partial charge in [0.1, 0.15) is 12.4 Å². The lowest BCUT2D eigenvalue weighted by molar-refractivity contribution is 0.0712. The number of H-pyrrole nitrogens is 1. The molecule has 1 saturated heterocycles. The quantitative estimate of drug-likeness (QED) is 0.425. The van der Waals surface area contributed by atoms with Crippen LogP contribution in [0.5, 0.6) is 0 Å². The van der Waals surface area contributed by atoms with Crippen LogP contribution in [0, 0.1) is 27.7 Å². The topological polar surface area (TPSA) is 58.2 Å². The van der Waals surface area contributed by atoms with E-state index in [9.17, 15) is 4.79 Å². The number of carbonyl (C=O) groups is 1. The monoisotopic (exact) mass is 477 g/mol. The van der Waals surface area contributed by atoms with Crippen LogP contribution in [0.1, 0.15) is 84.2 Å². The standard InChI is InChI=1S/C27H33N3O2.C2H6.CH4/c1-17-6-8-21(9-7-17)22-10-12-30(13-11-22)27(31)24-15-23(18(2)14-19(24)3)26-20(4)28-25(29-26)16-32-5;1-2;/h6-9,14-15,22H,10-13,16H2,1-5H3,(H,28,29);1-2H3;1H4. The highest BCUT2D eigenvalue weighted by molar-refractivity contribution is 5.97. The van der Waals surface area contributed by atoms with Crippen LogP contribution in [0.3, 0.4) is 0 Å². The van der Waals surface area contributed by atoms with Crippen LogP contribution in [0.25, 0.3) is 11.3 Å². The second kappa shape index (κ2) is 12.7. The van der Waals surface area contributed by atoms with E-state index >= 15 is 0 Å². The number of methoxy groups -OCH3 is 1. The number of benzene rings is 2. The molecular formula is C30H43N3O2. The predicted molar refractivity (Wildman–Crippen MR) is 146 cm³/mol. The number of hydrogen-bond acceptors (Lipinski definition) is 3. The van der Waals surface area contributed by atoms with E-state index in [1.807, 2.05) is 38.7 Å². The van der Waals surface area contributed by atoms with Gasteiger partial charge in [-0.15, -0.1) is 0 Å². The van der Waals surface area contributed by atoms with Crippen molar-refractivity contribution in [1.29, 1.82) is 0 Å². The number of hydrogen-bond donors (Lipinski definition) is 1. The number of amides is 1. The van der Waals surface area contributed by atoms with E-state index in [1.54, 1.807) is 7.11 Å². The molecule has 3 aromatic rings. The zero-order chi connectivity index (χ0) is 24.8. The van der Waals surface area contributed by atoms with Gasteiger partial charge in [-0.05, 0) is 69.2 Å². The largest absolute Gasteiger partial charge is 0.377 e. The van der Waals surface area contributed by atoms with Crippen LogP contribution in [0.15, 0.2) is 36.4 Å². The summed E-state index contributed by atoms with van der Waals surface area (Å²) >= 11 is 0. The molecule has 1 aliphatic heterocycles. The van der Waals surface area contributed by atoms with Crippen LogP contribution >= 0.6 is 0 Å². The van der Waals surface area contributed by atoms with E-state index in [0.717, 1.165) is 65.4 Å². The molecule has 35 heavy (non-hydrogen) atoms. The third-order valence-corrected chi connectivity index (χ3v) is 6.60. The molecule has 1 amide bonds. The molecule has 0 atom stereocenters. The van der Waals surface area contributed by atoms with Crippen LogP contribution in [0.2, 0.25) is 0 Å². The lowest BCUT2D eigenvalue weighted by atomic mass is 9.88. The first-order chi connectivity index (χ1) is 16.4. The van der Waals surface area contributed by atoms with Gasteiger partial charge in [-0.2, -0.15) is 0 Å². The van der Waals surface area contributed by atoms with Gasteiger partial charge in [0.25, 0.3) is 5.91 Å². The van der Waals surface area contributed by atoms with Crippen molar-refractivity contribution < 1.29 is 9.53 Å². The van der Waals surface area contributed by atoms with Gasteiger partial charge in [-0.25, -0.2) is 4.98 Å². The number of aryl methyl sites for hydroxylation is 4. The molecule has 0 aliphatic carbocycles. The Bertz CT molecular complexity index is 1110. The van der Waals surface area contributed by atoms with Gasteiger partial charge < -0.3 is 14.6 Å². The zero-order valence-corrected chi connectivity index (χ0v) is 21.8. The third kappa shape index (κ3) is 6.40. The van der Waals surface area contributed by atoms with Gasteiger partial charge in [-0.1, -0.05) is 57.2 Å². The first-order valence-electron chi connectivity index (χ1n) is 12.4. The highest BCUT2D eigenvalue weighted by atomic mass is 16.5. The van der Waals surface area contributed by atoms with Crippen LogP contribution in [-0.2, 0) is 11.3 Å². The Morgan fingerprint density at radius 2 is 1.66 bits per heavy atom. The smallest absolute Gasteiger partial charge is 0.254 e. The minimum absolute atomic E-state index is 0. The van der Waals surface area contributed by atoms with Crippen molar-refractivity contribution >= 4 is 5.91 Å². The molecule has 5 heteroatoms. The summed E-state index contributed by atoms with van der Waals surface area (Å²) in [5, 5.41) is 0. The normalized spacial score (nSPS) is 13.6. The van der Waals surface area contributed by atoms with Gasteiger partial charge >= 0.3 is 0 Å². The van der Waals surface area contributed by atoms with E-state index in [4.69, 9.17) is 9.72 Å². The van der Waals surface area contributed by atoms with Crippen molar-refractivity contribution in [2.75, 3.05) is 20.2 Å². The second-order valence-corrected chi connectivity index (χ2v) is 9.05. The van der Waals surface area contributed by atoms with Gasteiger partial charge in [0.15, 0.2) is 0 Å². The Hall–Kier alpha value is -2.92. The lowest BCUT2D eigenvalue weighted by Crippen LogP contribution is -2.38. The first kappa shape index (κ1) is 28.3. The summed E-state index contributed by atoms with van der Waals surface area (Å²) in [4.78, 5) is 23.5. The number of rotatable bonds is 5. The summed E-state index contributed by atoms with van der Waals surface area (Å²) in [7, 11) is 1.66. The average Bonchev–Trinajstić information content (AvgIpc) is 3.20. The molecule has 2 aromatic carbocycles. The molecule has 190 valence electrons. The highest BCUT2D eigenvalue weighted by Gasteiger charge is 2.26. The Morgan fingerprint density at radius 3 is 2.26 bits per heavy atom. The number of ether oxygens (including phenoxy) is 1. The first-order valence-corrected chi connectivity index (χ1v) is 12.4. The van der Waals surface area contributed by atoms with E-state index in [1.165, 1.54) is 11.1 Å². The summed E-state index contributed by atoms with van der Waals surface area (Å²) < 4.78 is 5.21. The number of piperidine rings is 1. The van der Waals surface area contributed by atoms with E-state index < -0.39 is 0 Å². The number of likely N-dealkylation sites (tertiary alicyclic amines) is 1. The Balaban J connectivity index is 0.00000140. The number of imidazole rings is 1. The van der Waals surface area contributed by atoms with Gasteiger partial charge in [-0.3, -0.25) is 4.79 Å². The summed E-state index contributed by atoms with van der Waals surface area (Å²) in [6.07, 6.45) is 2.01. The number of nitrogens with zero attached hydrogens (tertiary/aromatic N) is 2. The van der Waals surface area contributed by atoms with Gasteiger partial charge in [0, 0.05) is 37.0 Å². The number of nitrogens with one attached hydrogen (secondary N) is 1. The van der Waals surface area contributed by atoms with Crippen LogP contribution in [-0.4, -0.2) is 41.0 Å². The minimum atomic E-state index is 0. The number of carbonyl (C=O) groups excluding carboxylic acids is 1. The van der Waals surface area contributed by atoms with Crippen molar-refractivity contribution in [3.8, 4) is 11.3 Å². The molecule has 0 spiro atoms. The Kier molecular flexibility index (Phi) is 10.3. The number of aromatic amines is 1. The lowest BCUT2D eigenvalue weighted by Gasteiger charge is -2.33. The Labute approximate surface area is 211 Å². The third-order valence-electron chi connectivity index (χ3n) is 6.60. The fraction of sp³-hybridized carbons (Fsp3) is 0.467. The van der Waals surface area contributed by atoms with Gasteiger partial charge in [0.2, 0.25) is 0 Å². The average molecular weight is 478 g/mol. The van der Waals surface area contributed by atoms with Crippen molar-refractivity contribution in [3.63, 3.8) is 0 Å². The van der Waals surface area contributed by atoms with Crippen LogP contribution < -0.4 is 0 Å². The van der Waals surface area contributed by atoms with E-state index in [0.29, 0.717) is 12.5 Å². The second-order valence-electron chi connectivity index (χ2n) is 9.05. The van der Waals surface area contributed by atoms with Crippen molar-refractivity contribution in [2.24, 2.45) is 0 Å². The molecule has 0 radical (unpaired) electrons. The summed E-state index contributed by atoms with van der Waals surface area (Å²) in [6, 6.07) is 13.0. The van der Waals surface area contributed by atoms with Crippen molar-refractivity contribution in [3.05, 3.63) is 75.7 Å². The molecule has 5 nitrogen and oxygen atoms in total. The Morgan fingerprint density at radius 1 is 1.03 bits per heavy atom. The van der Waals surface area contributed by atoms with E-state index in [-0.39, 0.29) is 13.3 Å². The summed E-state index contributed by atoms with van der Waals surface area (Å²) in [5.74, 6) is 1.45. The molecule has 1 aliphatic rings. The van der Waals surface area contributed by atoms with Crippen molar-refractivity contribution in [1.82, 2.24) is 14.9 Å². The molecule has 1 fully saturated rings. The molecule has 4 rings (SSSR count). The molecule has 1 N–H and O–H groups in total. The SMILES string of the molecule is C.CC.COCc1nc(-c2cc(C(=O)N3CCC(c4ccc(C)cc4)CC3)c(C)cc2C)c(C)[nH]1. The van der Waals surface area contributed by atoms with Crippen LogP contribution in [0.4, 0.5) is 0 Å². The molecule has 2 heterocycles. The fourth-order valence-electron chi connectivity index (χ4n) is 4.75. The highest BCUT2D eigenvalue weighted by Crippen LogP contribution is 2.31. The molecular weight excluding hydrogens is 434 g/mol. The van der Waals surface area contributed by atoms with Crippen molar-refractivity contribution in [2.45, 2.75) is 74.3 Å². The minimum Gasteiger partial charge on any atom is -0.377 e. The number of aromatic nitrogens is 2. The van der Waals surface area contributed by atoms with Gasteiger partial charge in [0.05, 0.1) is 5.69 Å². The summed E-state index contributed by atoms with van der Waals surface area (Å²) in [5.41, 5.74) is 8.46. The van der Waals surface area contributed by atoms with E-state index in [2.05, 4.69) is 49.2 Å². The maximum atomic E-state index is 13.5. The fourth-order valence-corrected chi connectivity index (χ4v) is 4.75. The maximum Gasteiger partial charge on any atom is 0.254 e.